The van der Waals surface area contributed by atoms with Crippen molar-refractivity contribution in [2.45, 2.75) is 19.9 Å². The Labute approximate surface area is 146 Å². The zero-order valence-electron chi connectivity index (χ0n) is 14.1. The van der Waals surface area contributed by atoms with Crippen molar-refractivity contribution >= 4 is 28.9 Å². The molecule has 2 aromatic rings. The highest BCUT2D eigenvalue weighted by atomic mass is 35.5. The molecule has 0 aliphatic heterocycles. The van der Waals surface area contributed by atoms with Gasteiger partial charge in [-0.3, -0.25) is 4.79 Å². The van der Waals surface area contributed by atoms with E-state index in [1.165, 1.54) is 0 Å². The number of carbonyl (C=O) groups is 1. The predicted octanol–water partition coefficient (Wildman–Crippen LogP) is 4.10. The number of hydrogen-bond acceptors (Lipinski definition) is 4. The van der Waals surface area contributed by atoms with E-state index in [-0.39, 0.29) is 5.91 Å². The van der Waals surface area contributed by atoms with E-state index in [9.17, 15) is 4.79 Å². The summed E-state index contributed by atoms with van der Waals surface area (Å²) < 4.78 is 10.6. The Morgan fingerprint density at radius 1 is 1.08 bits per heavy atom. The minimum atomic E-state index is -0.433. The highest BCUT2D eigenvalue weighted by Gasteiger charge is 2.16. The molecule has 0 fully saturated rings. The number of aryl methyl sites for hydroxylation is 1. The summed E-state index contributed by atoms with van der Waals surface area (Å²) in [7, 11) is 3.17. The van der Waals surface area contributed by atoms with Crippen molar-refractivity contribution in [3.8, 4) is 11.5 Å². The van der Waals surface area contributed by atoms with Crippen molar-refractivity contribution in [1.29, 1.82) is 0 Å². The number of halogens is 1. The number of carbonyl (C=O) groups excluding carboxylic acids is 1. The minimum Gasteiger partial charge on any atom is -0.493 e. The quantitative estimate of drug-likeness (QED) is 0.825. The van der Waals surface area contributed by atoms with Crippen molar-refractivity contribution in [1.82, 2.24) is 0 Å². The van der Waals surface area contributed by atoms with Gasteiger partial charge in [0.2, 0.25) is 5.91 Å². The molecule has 0 heterocycles. The number of methoxy groups -OCH3 is 2. The largest absolute Gasteiger partial charge is 0.493 e. The summed E-state index contributed by atoms with van der Waals surface area (Å²) >= 11 is 5.84. The van der Waals surface area contributed by atoms with Crippen LogP contribution in [0.1, 0.15) is 12.5 Å². The number of hydrogen-bond donors (Lipinski definition) is 2. The van der Waals surface area contributed by atoms with Crippen molar-refractivity contribution < 1.29 is 14.3 Å². The first-order valence-electron chi connectivity index (χ1n) is 7.50. The van der Waals surface area contributed by atoms with Crippen molar-refractivity contribution in [2.24, 2.45) is 0 Å². The van der Waals surface area contributed by atoms with Crippen molar-refractivity contribution in [3.63, 3.8) is 0 Å². The molecule has 0 aliphatic carbocycles. The molecule has 0 saturated carbocycles. The molecule has 2 aromatic carbocycles. The number of nitrogens with one attached hydrogen (secondary N) is 2. The van der Waals surface area contributed by atoms with Crippen molar-refractivity contribution in [2.75, 3.05) is 24.9 Å². The normalized spacial score (nSPS) is 11.5. The second-order valence-electron chi connectivity index (χ2n) is 5.38. The van der Waals surface area contributed by atoms with E-state index in [0.717, 1.165) is 11.3 Å². The van der Waals surface area contributed by atoms with Gasteiger partial charge in [-0.05, 0) is 49.7 Å². The van der Waals surface area contributed by atoms with Crippen LogP contribution in [0.5, 0.6) is 11.5 Å². The number of benzene rings is 2. The topological polar surface area (TPSA) is 59.6 Å². The van der Waals surface area contributed by atoms with Gasteiger partial charge in [-0.15, -0.1) is 0 Å². The highest BCUT2D eigenvalue weighted by Crippen LogP contribution is 2.33. The third kappa shape index (κ3) is 4.32. The molecule has 0 saturated heterocycles. The number of anilines is 2. The molecular formula is C18H21ClN2O3. The van der Waals surface area contributed by atoms with Gasteiger partial charge >= 0.3 is 0 Å². The molecule has 0 bridgehead atoms. The standard InChI is InChI=1S/C18H21ClN2O3/c1-11-9-16(23-3)17(24-4)10-15(11)20-12(2)18(22)21-14-7-5-13(19)6-8-14/h5-10,12,20H,1-4H3,(H,21,22)/t12-/m1/s1. The summed E-state index contributed by atoms with van der Waals surface area (Å²) in [6.45, 7) is 3.73. The van der Waals surface area contributed by atoms with Gasteiger partial charge in [-0.2, -0.15) is 0 Å². The van der Waals surface area contributed by atoms with Crippen LogP contribution in [0, 0.1) is 6.92 Å². The molecule has 0 aromatic heterocycles. The Bertz CT molecular complexity index is 717. The maximum atomic E-state index is 12.3. The maximum absolute atomic E-state index is 12.3. The molecule has 0 spiro atoms. The summed E-state index contributed by atoms with van der Waals surface area (Å²) in [4.78, 5) is 12.3. The second-order valence-corrected chi connectivity index (χ2v) is 5.82. The lowest BCUT2D eigenvalue weighted by molar-refractivity contribution is -0.116. The Morgan fingerprint density at radius 3 is 2.25 bits per heavy atom. The SMILES string of the molecule is COc1cc(C)c(N[C@H](C)C(=O)Nc2ccc(Cl)cc2)cc1OC. The van der Waals surface area contributed by atoms with Crippen LogP contribution in [-0.2, 0) is 4.79 Å². The first-order valence-corrected chi connectivity index (χ1v) is 7.88. The summed E-state index contributed by atoms with van der Waals surface area (Å²) in [6, 6.07) is 10.2. The maximum Gasteiger partial charge on any atom is 0.246 e. The number of ether oxygens (including phenoxy) is 2. The van der Waals surface area contributed by atoms with Crippen LogP contribution in [0.25, 0.3) is 0 Å². The van der Waals surface area contributed by atoms with Gasteiger partial charge in [0, 0.05) is 22.5 Å². The minimum absolute atomic E-state index is 0.147. The van der Waals surface area contributed by atoms with Crippen LogP contribution in [0.4, 0.5) is 11.4 Å². The molecular weight excluding hydrogens is 328 g/mol. The molecule has 24 heavy (non-hydrogen) atoms. The van der Waals surface area contributed by atoms with Crippen LogP contribution >= 0.6 is 11.6 Å². The van der Waals surface area contributed by atoms with E-state index in [4.69, 9.17) is 21.1 Å². The van der Waals surface area contributed by atoms with Crippen molar-refractivity contribution in [3.05, 3.63) is 47.0 Å². The average Bonchev–Trinajstić information content (AvgIpc) is 2.58. The molecule has 5 nitrogen and oxygen atoms in total. The van der Waals surface area contributed by atoms with Gasteiger partial charge < -0.3 is 20.1 Å². The summed E-state index contributed by atoms with van der Waals surface area (Å²) in [5.41, 5.74) is 2.47. The molecule has 0 radical (unpaired) electrons. The Hall–Kier alpha value is -2.40. The molecule has 0 aliphatic rings. The Morgan fingerprint density at radius 2 is 1.67 bits per heavy atom. The monoisotopic (exact) mass is 348 g/mol. The fourth-order valence-corrected chi connectivity index (χ4v) is 2.34. The average molecular weight is 349 g/mol. The predicted molar refractivity (Wildman–Crippen MR) is 97.4 cm³/mol. The number of amides is 1. The number of rotatable bonds is 6. The molecule has 6 heteroatoms. The van der Waals surface area contributed by atoms with E-state index in [1.807, 2.05) is 19.1 Å². The first-order chi connectivity index (χ1) is 11.4. The smallest absolute Gasteiger partial charge is 0.246 e. The van der Waals surface area contributed by atoms with Gasteiger partial charge in [0.15, 0.2) is 11.5 Å². The molecule has 128 valence electrons. The first kappa shape index (κ1) is 17.9. The van der Waals surface area contributed by atoms with E-state index in [0.29, 0.717) is 22.2 Å². The van der Waals surface area contributed by atoms with Crippen LogP contribution in [0.2, 0.25) is 5.02 Å². The summed E-state index contributed by atoms with van der Waals surface area (Å²) in [5.74, 6) is 1.11. The summed E-state index contributed by atoms with van der Waals surface area (Å²) in [5, 5.41) is 6.66. The lowest BCUT2D eigenvalue weighted by atomic mass is 10.1. The lowest BCUT2D eigenvalue weighted by Gasteiger charge is -2.19. The van der Waals surface area contributed by atoms with E-state index in [2.05, 4.69) is 10.6 Å². The van der Waals surface area contributed by atoms with Gasteiger partial charge in [0.1, 0.15) is 6.04 Å². The van der Waals surface area contributed by atoms with Gasteiger partial charge in [-0.1, -0.05) is 11.6 Å². The van der Waals surface area contributed by atoms with Crippen LogP contribution in [0.15, 0.2) is 36.4 Å². The molecule has 0 unspecified atom stereocenters. The van der Waals surface area contributed by atoms with Gasteiger partial charge in [0.25, 0.3) is 0 Å². The fraction of sp³-hybridized carbons (Fsp3) is 0.278. The van der Waals surface area contributed by atoms with Crippen LogP contribution < -0.4 is 20.1 Å². The van der Waals surface area contributed by atoms with Gasteiger partial charge in [-0.25, -0.2) is 0 Å². The summed E-state index contributed by atoms with van der Waals surface area (Å²) in [6.07, 6.45) is 0. The molecule has 2 rings (SSSR count). The fourth-order valence-electron chi connectivity index (χ4n) is 2.22. The van der Waals surface area contributed by atoms with E-state index >= 15 is 0 Å². The Kier molecular flexibility index (Phi) is 5.93. The highest BCUT2D eigenvalue weighted by molar-refractivity contribution is 6.30. The second kappa shape index (κ2) is 7.93. The van der Waals surface area contributed by atoms with Gasteiger partial charge in [0.05, 0.1) is 14.2 Å². The van der Waals surface area contributed by atoms with E-state index in [1.54, 1.807) is 45.4 Å². The van der Waals surface area contributed by atoms with Crippen LogP contribution in [-0.4, -0.2) is 26.2 Å². The Balaban J connectivity index is 2.09. The molecule has 1 atom stereocenters. The zero-order valence-corrected chi connectivity index (χ0v) is 14.9. The van der Waals surface area contributed by atoms with E-state index < -0.39 is 6.04 Å². The molecule has 2 N–H and O–H groups in total. The van der Waals surface area contributed by atoms with Crippen LogP contribution in [0.3, 0.4) is 0 Å². The third-order valence-electron chi connectivity index (χ3n) is 3.61. The third-order valence-corrected chi connectivity index (χ3v) is 3.86. The zero-order chi connectivity index (χ0) is 17.7. The lowest BCUT2D eigenvalue weighted by Crippen LogP contribution is -2.32. The molecule has 1 amide bonds.